The average molecular weight is 219 g/mol. The van der Waals surface area contributed by atoms with Gasteiger partial charge in [0.2, 0.25) is 0 Å². The van der Waals surface area contributed by atoms with Crippen LogP contribution in [0.1, 0.15) is 37.3 Å². The fourth-order valence-electron chi connectivity index (χ4n) is 2.60. The lowest BCUT2D eigenvalue weighted by Gasteiger charge is -2.29. The Kier molecular flexibility index (Phi) is 3.31. The molecule has 0 aromatic heterocycles. The van der Waals surface area contributed by atoms with Crippen molar-refractivity contribution in [1.29, 1.82) is 0 Å². The van der Waals surface area contributed by atoms with Gasteiger partial charge in [0.05, 0.1) is 6.10 Å². The molecule has 0 radical (unpaired) electrons. The molecule has 2 unspecified atom stereocenters. The summed E-state index contributed by atoms with van der Waals surface area (Å²) in [5.74, 6) is 0. The van der Waals surface area contributed by atoms with Crippen LogP contribution in [0.5, 0.6) is 0 Å². The molecule has 1 heterocycles. The van der Waals surface area contributed by atoms with E-state index >= 15 is 0 Å². The first-order chi connectivity index (χ1) is 7.59. The highest BCUT2D eigenvalue weighted by Gasteiger charge is 2.29. The Hall–Kier alpha value is -0.860. The molecule has 1 fully saturated rings. The van der Waals surface area contributed by atoms with Crippen molar-refractivity contribution >= 4 is 0 Å². The zero-order valence-corrected chi connectivity index (χ0v) is 10.2. The Labute approximate surface area is 97.8 Å². The van der Waals surface area contributed by atoms with Crippen molar-refractivity contribution in [2.75, 3.05) is 6.61 Å². The third-order valence-corrected chi connectivity index (χ3v) is 3.44. The topological polar surface area (TPSA) is 35.2 Å². The van der Waals surface area contributed by atoms with E-state index in [1.165, 1.54) is 17.5 Å². The summed E-state index contributed by atoms with van der Waals surface area (Å²) in [6, 6.07) is 8.37. The lowest BCUT2D eigenvalue weighted by Crippen LogP contribution is -2.37. The zero-order chi connectivity index (χ0) is 11.6. The molecule has 1 aromatic rings. The Bertz CT molecular complexity index is 354. The maximum absolute atomic E-state index is 6.44. The van der Waals surface area contributed by atoms with E-state index in [0.29, 0.717) is 6.10 Å². The number of aryl methyl sites for hydroxylation is 1. The molecule has 0 spiro atoms. The van der Waals surface area contributed by atoms with Crippen LogP contribution < -0.4 is 5.73 Å². The van der Waals surface area contributed by atoms with Gasteiger partial charge in [0.15, 0.2) is 0 Å². The third kappa shape index (κ3) is 2.45. The van der Waals surface area contributed by atoms with Gasteiger partial charge >= 0.3 is 0 Å². The lowest BCUT2D eigenvalue weighted by atomic mass is 9.84. The molecule has 0 aliphatic carbocycles. The van der Waals surface area contributed by atoms with Crippen LogP contribution in [0.15, 0.2) is 24.3 Å². The molecule has 2 rings (SSSR count). The van der Waals surface area contributed by atoms with Crippen LogP contribution in [0, 0.1) is 6.92 Å². The van der Waals surface area contributed by atoms with Crippen LogP contribution in [0.25, 0.3) is 0 Å². The Morgan fingerprint density at radius 3 is 2.81 bits per heavy atom. The summed E-state index contributed by atoms with van der Waals surface area (Å²) in [5.41, 5.74) is 8.67. The molecule has 0 saturated carbocycles. The quantitative estimate of drug-likeness (QED) is 0.848. The minimum absolute atomic E-state index is 0.277. The smallest absolute Gasteiger partial charge is 0.0596 e. The summed E-state index contributed by atoms with van der Waals surface area (Å²) in [4.78, 5) is 0. The van der Waals surface area contributed by atoms with Crippen LogP contribution in [0.3, 0.4) is 0 Å². The summed E-state index contributed by atoms with van der Waals surface area (Å²) in [7, 11) is 0. The summed E-state index contributed by atoms with van der Waals surface area (Å²) >= 11 is 0. The SMILES string of the molecule is Cc1ccccc1C(C)(N)CC1CCCO1. The molecule has 1 saturated heterocycles. The van der Waals surface area contributed by atoms with E-state index in [2.05, 4.69) is 38.1 Å². The van der Waals surface area contributed by atoms with Crippen LogP contribution >= 0.6 is 0 Å². The largest absolute Gasteiger partial charge is 0.378 e. The van der Waals surface area contributed by atoms with Gasteiger partial charge in [-0.05, 0) is 44.2 Å². The summed E-state index contributed by atoms with van der Waals surface area (Å²) in [5, 5.41) is 0. The van der Waals surface area contributed by atoms with Gasteiger partial charge in [0.25, 0.3) is 0 Å². The second kappa shape index (κ2) is 4.56. The number of ether oxygens (including phenoxy) is 1. The van der Waals surface area contributed by atoms with Crippen molar-refractivity contribution < 1.29 is 4.74 Å². The van der Waals surface area contributed by atoms with Gasteiger partial charge in [-0.25, -0.2) is 0 Å². The maximum Gasteiger partial charge on any atom is 0.0596 e. The van der Waals surface area contributed by atoms with E-state index in [1.54, 1.807) is 0 Å². The van der Waals surface area contributed by atoms with Crippen molar-refractivity contribution in [3.63, 3.8) is 0 Å². The Balaban J connectivity index is 2.14. The van der Waals surface area contributed by atoms with Gasteiger partial charge in [0, 0.05) is 12.1 Å². The molecule has 2 nitrogen and oxygen atoms in total. The van der Waals surface area contributed by atoms with E-state index < -0.39 is 0 Å². The monoisotopic (exact) mass is 219 g/mol. The van der Waals surface area contributed by atoms with Crippen molar-refractivity contribution in [2.45, 2.75) is 44.8 Å². The summed E-state index contributed by atoms with van der Waals surface area (Å²) < 4.78 is 5.67. The molecule has 1 aliphatic heterocycles. The summed E-state index contributed by atoms with van der Waals surface area (Å²) in [6.07, 6.45) is 3.58. The first-order valence-corrected chi connectivity index (χ1v) is 6.06. The first kappa shape index (κ1) is 11.6. The normalized spacial score (nSPS) is 24.3. The van der Waals surface area contributed by atoms with E-state index in [4.69, 9.17) is 10.5 Å². The van der Waals surface area contributed by atoms with Gasteiger partial charge in [-0.15, -0.1) is 0 Å². The molecule has 1 aromatic carbocycles. The fourth-order valence-corrected chi connectivity index (χ4v) is 2.60. The van der Waals surface area contributed by atoms with E-state index in [1.807, 2.05) is 0 Å². The van der Waals surface area contributed by atoms with Gasteiger partial charge in [0.1, 0.15) is 0 Å². The predicted molar refractivity (Wildman–Crippen MR) is 66.3 cm³/mol. The van der Waals surface area contributed by atoms with Gasteiger partial charge in [-0.3, -0.25) is 0 Å². The highest BCUT2D eigenvalue weighted by atomic mass is 16.5. The predicted octanol–water partition coefficient (Wildman–Crippen LogP) is 2.74. The van der Waals surface area contributed by atoms with Crippen LogP contribution in [0.2, 0.25) is 0 Å². The van der Waals surface area contributed by atoms with Crippen LogP contribution in [-0.4, -0.2) is 12.7 Å². The number of hydrogen-bond donors (Lipinski definition) is 1. The lowest BCUT2D eigenvalue weighted by molar-refractivity contribution is 0.0855. The molecule has 2 atom stereocenters. The second-order valence-electron chi connectivity index (χ2n) is 5.07. The average Bonchev–Trinajstić information content (AvgIpc) is 2.70. The Morgan fingerprint density at radius 2 is 2.19 bits per heavy atom. The minimum atomic E-state index is -0.277. The third-order valence-electron chi connectivity index (χ3n) is 3.44. The van der Waals surface area contributed by atoms with Gasteiger partial charge < -0.3 is 10.5 Å². The molecule has 2 N–H and O–H groups in total. The van der Waals surface area contributed by atoms with E-state index in [-0.39, 0.29) is 5.54 Å². The summed E-state index contributed by atoms with van der Waals surface area (Å²) in [6.45, 7) is 5.13. The molecule has 0 bridgehead atoms. The fraction of sp³-hybridized carbons (Fsp3) is 0.571. The second-order valence-corrected chi connectivity index (χ2v) is 5.07. The highest BCUT2D eigenvalue weighted by molar-refractivity contribution is 5.31. The van der Waals surface area contributed by atoms with E-state index in [0.717, 1.165) is 19.4 Å². The van der Waals surface area contributed by atoms with Gasteiger partial charge in [-0.1, -0.05) is 24.3 Å². The molecular formula is C14H21NO. The van der Waals surface area contributed by atoms with Crippen LogP contribution in [-0.2, 0) is 10.3 Å². The van der Waals surface area contributed by atoms with Crippen molar-refractivity contribution in [1.82, 2.24) is 0 Å². The van der Waals surface area contributed by atoms with Gasteiger partial charge in [-0.2, -0.15) is 0 Å². The van der Waals surface area contributed by atoms with Crippen LogP contribution in [0.4, 0.5) is 0 Å². The number of rotatable bonds is 3. The van der Waals surface area contributed by atoms with Crippen molar-refractivity contribution in [2.24, 2.45) is 5.73 Å². The zero-order valence-electron chi connectivity index (χ0n) is 10.2. The molecule has 1 aliphatic rings. The van der Waals surface area contributed by atoms with Crippen molar-refractivity contribution in [3.05, 3.63) is 35.4 Å². The molecule has 88 valence electrons. The number of hydrogen-bond acceptors (Lipinski definition) is 2. The molecule has 16 heavy (non-hydrogen) atoms. The standard InChI is InChI=1S/C14H21NO/c1-11-6-3-4-8-13(11)14(2,15)10-12-7-5-9-16-12/h3-4,6,8,12H,5,7,9-10,15H2,1-2H3. The molecule has 0 amide bonds. The number of benzene rings is 1. The highest BCUT2D eigenvalue weighted by Crippen LogP contribution is 2.30. The molecule has 2 heteroatoms. The first-order valence-electron chi connectivity index (χ1n) is 6.06. The Morgan fingerprint density at radius 1 is 1.44 bits per heavy atom. The van der Waals surface area contributed by atoms with Crippen molar-refractivity contribution in [3.8, 4) is 0 Å². The minimum Gasteiger partial charge on any atom is -0.378 e. The maximum atomic E-state index is 6.44. The number of nitrogens with two attached hydrogens (primary N) is 1. The molecular weight excluding hydrogens is 198 g/mol. The van der Waals surface area contributed by atoms with E-state index in [9.17, 15) is 0 Å².